The molecule has 26 heavy (non-hydrogen) atoms. The van der Waals surface area contributed by atoms with E-state index in [4.69, 9.17) is 0 Å². The van der Waals surface area contributed by atoms with Gasteiger partial charge in [-0.1, -0.05) is 13.0 Å². The summed E-state index contributed by atoms with van der Waals surface area (Å²) in [6.07, 6.45) is 8.02. The molecule has 1 aliphatic rings. The molecule has 1 aliphatic heterocycles. The van der Waals surface area contributed by atoms with Crippen LogP contribution in [0.25, 0.3) is 0 Å². The minimum atomic E-state index is 0.452. The van der Waals surface area contributed by atoms with Crippen molar-refractivity contribution in [3.05, 3.63) is 40.5 Å². The second kappa shape index (κ2) is 9.52. The zero-order valence-corrected chi connectivity index (χ0v) is 16.4. The van der Waals surface area contributed by atoms with E-state index in [9.17, 15) is 0 Å². The van der Waals surface area contributed by atoms with E-state index in [1.54, 1.807) is 11.3 Å². The Morgan fingerprint density at radius 3 is 2.81 bits per heavy atom. The normalized spacial score (nSPS) is 15.9. The number of piperidine rings is 1. The van der Waals surface area contributed by atoms with Crippen LogP contribution in [-0.4, -0.2) is 48.7 Å². The van der Waals surface area contributed by atoms with Gasteiger partial charge in [-0.3, -0.25) is 4.99 Å². The zero-order chi connectivity index (χ0) is 18.2. The number of aryl methyl sites for hydroxylation is 1. The van der Waals surface area contributed by atoms with Crippen LogP contribution in [0.5, 0.6) is 0 Å². The molecule has 0 unspecified atom stereocenters. The van der Waals surface area contributed by atoms with Gasteiger partial charge in [-0.25, -0.2) is 9.97 Å². The fraction of sp³-hybridized carbons (Fsp3) is 0.526. The van der Waals surface area contributed by atoms with E-state index in [0.717, 1.165) is 57.1 Å². The highest BCUT2D eigenvalue weighted by Gasteiger charge is 2.20. The van der Waals surface area contributed by atoms with E-state index in [0.29, 0.717) is 6.04 Å². The molecule has 140 valence electrons. The van der Waals surface area contributed by atoms with Gasteiger partial charge in [0.2, 0.25) is 0 Å². The summed E-state index contributed by atoms with van der Waals surface area (Å²) in [4.78, 5) is 17.0. The summed E-state index contributed by atoms with van der Waals surface area (Å²) in [5.41, 5.74) is 0. The van der Waals surface area contributed by atoms with E-state index in [2.05, 4.69) is 43.5 Å². The molecule has 3 heterocycles. The van der Waals surface area contributed by atoms with E-state index >= 15 is 0 Å². The summed E-state index contributed by atoms with van der Waals surface area (Å²) >= 11 is 1.80. The summed E-state index contributed by atoms with van der Waals surface area (Å²) in [7, 11) is 1.83. The Balaban J connectivity index is 1.40. The van der Waals surface area contributed by atoms with Crippen molar-refractivity contribution in [3.63, 3.8) is 0 Å². The van der Waals surface area contributed by atoms with E-state index in [1.165, 1.54) is 9.88 Å². The number of rotatable bonds is 6. The molecule has 0 radical (unpaired) electrons. The van der Waals surface area contributed by atoms with E-state index < -0.39 is 0 Å². The molecule has 7 heteroatoms. The fourth-order valence-electron chi connectivity index (χ4n) is 3.10. The van der Waals surface area contributed by atoms with Gasteiger partial charge in [0.25, 0.3) is 0 Å². The van der Waals surface area contributed by atoms with Gasteiger partial charge < -0.3 is 15.5 Å². The lowest BCUT2D eigenvalue weighted by Gasteiger charge is -2.33. The molecule has 0 amide bonds. The third kappa shape index (κ3) is 5.17. The number of aliphatic imine (C=N–C) groups is 1. The third-order valence-corrected chi connectivity index (χ3v) is 5.82. The molecule has 0 atom stereocenters. The van der Waals surface area contributed by atoms with Crippen LogP contribution in [0.3, 0.4) is 0 Å². The molecule has 0 bridgehead atoms. The number of nitrogens with one attached hydrogen (secondary N) is 2. The molecular formula is C19H28N6S. The maximum Gasteiger partial charge on any atom is 0.191 e. The van der Waals surface area contributed by atoms with Crippen LogP contribution in [0.2, 0.25) is 0 Å². The first-order chi connectivity index (χ1) is 12.8. The minimum Gasteiger partial charge on any atom is -0.356 e. The number of thiazole rings is 1. The van der Waals surface area contributed by atoms with Crippen molar-refractivity contribution >= 4 is 23.1 Å². The van der Waals surface area contributed by atoms with Gasteiger partial charge in [-0.15, -0.1) is 11.3 Å². The molecule has 2 N–H and O–H groups in total. The Bertz CT molecular complexity index is 691. The van der Waals surface area contributed by atoms with Crippen molar-refractivity contribution in [2.75, 3.05) is 31.6 Å². The molecule has 6 nitrogen and oxygen atoms in total. The van der Waals surface area contributed by atoms with Gasteiger partial charge in [0.15, 0.2) is 5.96 Å². The van der Waals surface area contributed by atoms with Gasteiger partial charge in [-0.05, 0) is 31.4 Å². The van der Waals surface area contributed by atoms with E-state index in [-0.39, 0.29) is 0 Å². The Morgan fingerprint density at radius 1 is 1.31 bits per heavy atom. The maximum absolute atomic E-state index is 4.47. The number of aromatic nitrogens is 2. The molecule has 0 spiro atoms. The van der Waals surface area contributed by atoms with Crippen LogP contribution in [0.15, 0.2) is 35.6 Å². The second-order valence-corrected chi connectivity index (χ2v) is 7.62. The van der Waals surface area contributed by atoms with Crippen LogP contribution in [0, 0.1) is 0 Å². The maximum atomic E-state index is 4.47. The van der Waals surface area contributed by atoms with Crippen molar-refractivity contribution in [2.24, 2.45) is 4.99 Å². The van der Waals surface area contributed by atoms with Crippen molar-refractivity contribution in [3.8, 4) is 0 Å². The molecule has 3 rings (SSSR count). The zero-order valence-electron chi connectivity index (χ0n) is 15.6. The number of pyridine rings is 1. The summed E-state index contributed by atoms with van der Waals surface area (Å²) in [5, 5.41) is 8.16. The number of hydrogen-bond donors (Lipinski definition) is 2. The highest BCUT2D eigenvalue weighted by atomic mass is 32.1. The highest BCUT2D eigenvalue weighted by molar-refractivity contribution is 7.11. The minimum absolute atomic E-state index is 0.452. The lowest BCUT2D eigenvalue weighted by atomic mass is 10.1. The lowest BCUT2D eigenvalue weighted by Crippen LogP contribution is -2.49. The Kier molecular flexibility index (Phi) is 6.82. The fourth-order valence-corrected chi connectivity index (χ4v) is 3.96. The number of nitrogens with zero attached hydrogens (tertiary/aromatic N) is 4. The largest absolute Gasteiger partial charge is 0.356 e. The Morgan fingerprint density at radius 2 is 2.15 bits per heavy atom. The van der Waals surface area contributed by atoms with Crippen LogP contribution in [-0.2, 0) is 12.8 Å². The van der Waals surface area contributed by atoms with Gasteiger partial charge in [0.1, 0.15) is 5.82 Å². The van der Waals surface area contributed by atoms with Crippen LogP contribution in [0.1, 0.15) is 29.7 Å². The van der Waals surface area contributed by atoms with Crippen LogP contribution in [0.4, 0.5) is 5.82 Å². The van der Waals surface area contributed by atoms with Gasteiger partial charge >= 0.3 is 0 Å². The number of anilines is 1. The summed E-state index contributed by atoms with van der Waals surface area (Å²) in [5.74, 6) is 1.96. The second-order valence-electron chi connectivity index (χ2n) is 6.42. The average Bonchev–Trinajstić information content (AvgIpc) is 3.16. The van der Waals surface area contributed by atoms with E-state index in [1.807, 2.05) is 31.6 Å². The van der Waals surface area contributed by atoms with Crippen LogP contribution < -0.4 is 15.5 Å². The highest BCUT2D eigenvalue weighted by Crippen LogP contribution is 2.17. The van der Waals surface area contributed by atoms with Crippen LogP contribution >= 0.6 is 11.3 Å². The first-order valence-corrected chi connectivity index (χ1v) is 10.2. The van der Waals surface area contributed by atoms with Crippen molar-refractivity contribution in [1.29, 1.82) is 0 Å². The molecule has 1 saturated heterocycles. The molecule has 2 aromatic heterocycles. The molecule has 0 saturated carbocycles. The van der Waals surface area contributed by atoms with Gasteiger partial charge in [0.05, 0.1) is 5.01 Å². The smallest absolute Gasteiger partial charge is 0.191 e. The molecule has 2 aromatic rings. The van der Waals surface area contributed by atoms with Crippen molar-refractivity contribution < 1.29 is 0 Å². The van der Waals surface area contributed by atoms with Crippen molar-refractivity contribution in [2.45, 2.75) is 38.6 Å². The number of guanidine groups is 1. The predicted octanol–water partition coefficient (Wildman–Crippen LogP) is 2.48. The SMILES string of the molecule is CCc1cnc(CCNC(=NC)NC2CCN(c3ccccn3)CC2)s1. The molecule has 1 fully saturated rings. The summed E-state index contributed by atoms with van der Waals surface area (Å²) < 4.78 is 0. The van der Waals surface area contributed by atoms with Gasteiger partial charge in [-0.2, -0.15) is 0 Å². The summed E-state index contributed by atoms with van der Waals surface area (Å²) in [6.45, 7) is 5.05. The number of hydrogen-bond acceptors (Lipinski definition) is 5. The Hall–Kier alpha value is -2.15. The Labute approximate surface area is 159 Å². The third-order valence-electron chi connectivity index (χ3n) is 4.61. The standard InChI is InChI=1S/C19H28N6S/c1-3-16-14-23-18(26-16)7-11-22-19(20-2)24-15-8-12-25(13-9-15)17-6-4-5-10-21-17/h4-6,10,14-15H,3,7-9,11-13H2,1-2H3,(H2,20,22,24). The topological polar surface area (TPSA) is 65.4 Å². The first kappa shape index (κ1) is 18.6. The average molecular weight is 373 g/mol. The lowest BCUT2D eigenvalue weighted by molar-refractivity contribution is 0.459. The van der Waals surface area contributed by atoms with Gasteiger partial charge in [0, 0.05) is 56.4 Å². The quantitative estimate of drug-likeness (QED) is 0.602. The molecular weight excluding hydrogens is 344 g/mol. The monoisotopic (exact) mass is 372 g/mol. The predicted molar refractivity (Wildman–Crippen MR) is 109 cm³/mol. The first-order valence-electron chi connectivity index (χ1n) is 9.35. The molecule has 0 aromatic carbocycles. The molecule has 0 aliphatic carbocycles. The van der Waals surface area contributed by atoms with Crippen molar-refractivity contribution in [1.82, 2.24) is 20.6 Å². The summed E-state index contributed by atoms with van der Waals surface area (Å²) in [6, 6.07) is 6.54.